The Bertz CT molecular complexity index is 1270. The number of nitriles is 1. The van der Waals surface area contributed by atoms with E-state index in [2.05, 4.69) is 25.4 Å². The van der Waals surface area contributed by atoms with Crippen molar-refractivity contribution in [3.05, 3.63) is 70.8 Å². The van der Waals surface area contributed by atoms with E-state index in [-0.39, 0.29) is 28.4 Å². The molecule has 29 heavy (non-hydrogen) atoms. The molecule has 4 rings (SSSR count). The van der Waals surface area contributed by atoms with Crippen LogP contribution in [0.2, 0.25) is 0 Å². The lowest BCUT2D eigenvalue weighted by atomic mass is 10.1. The zero-order valence-electron chi connectivity index (χ0n) is 15.5. The fraction of sp³-hybridized carbons (Fsp3) is 0.158. The molecule has 0 fully saturated rings. The molecule has 4 aromatic rings. The summed E-state index contributed by atoms with van der Waals surface area (Å²) in [5.74, 6) is 0.819. The summed E-state index contributed by atoms with van der Waals surface area (Å²) in [7, 11) is 0. The van der Waals surface area contributed by atoms with Gasteiger partial charge in [-0.3, -0.25) is 9.36 Å². The van der Waals surface area contributed by atoms with Crippen LogP contribution >= 0.6 is 0 Å². The number of nitrogens with two attached hydrogens (primary N) is 1. The lowest BCUT2D eigenvalue weighted by molar-refractivity contribution is 0.620. The van der Waals surface area contributed by atoms with Gasteiger partial charge >= 0.3 is 5.56 Å². The summed E-state index contributed by atoms with van der Waals surface area (Å²) in [4.78, 5) is 25.3. The van der Waals surface area contributed by atoms with E-state index in [9.17, 15) is 10.1 Å². The summed E-state index contributed by atoms with van der Waals surface area (Å²) in [6.07, 6.45) is 4.98. The third-order valence-electron chi connectivity index (χ3n) is 4.49. The highest BCUT2D eigenvalue weighted by Gasteiger charge is 2.22. The number of nitrogens with one attached hydrogen (secondary N) is 1. The second-order valence-corrected chi connectivity index (χ2v) is 6.23. The van der Waals surface area contributed by atoms with Crippen LogP contribution in [0.5, 0.6) is 0 Å². The quantitative estimate of drug-likeness (QED) is 0.527. The molecule has 0 aliphatic rings. The Morgan fingerprint density at radius 1 is 1.24 bits per heavy atom. The monoisotopic (exact) mass is 387 g/mol. The maximum Gasteiger partial charge on any atom is 0.301 e. The molecule has 0 aliphatic heterocycles. The van der Waals surface area contributed by atoms with Crippen molar-refractivity contribution in [3.63, 3.8) is 0 Å². The van der Waals surface area contributed by atoms with Crippen molar-refractivity contribution in [1.29, 1.82) is 5.26 Å². The molecular formula is C19H17N9O. The van der Waals surface area contributed by atoms with Crippen molar-refractivity contribution >= 4 is 17.3 Å². The van der Waals surface area contributed by atoms with E-state index in [1.165, 1.54) is 21.6 Å². The molecule has 0 spiro atoms. The Balaban J connectivity index is 1.91. The molecule has 0 bridgehead atoms. The van der Waals surface area contributed by atoms with Gasteiger partial charge in [-0.2, -0.15) is 10.4 Å². The first-order valence-electron chi connectivity index (χ1n) is 8.92. The number of aromatic nitrogens is 6. The first kappa shape index (κ1) is 18.1. The average molecular weight is 387 g/mol. The Hall–Kier alpha value is -4.26. The van der Waals surface area contributed by atoms with E-state index in [1.54, 1.807) is 6.20 Å². The Kier molecular flexibility index (Phi) is 4.62. The number of imidazole rings is 1. The second-order valence-electron chi connectivity index (χ2n) is 6.23. The summed E-state index contributed by atoms with van der Waals surface area (Å²) < 4.78 is 2.96. The predicted octanol–water partition coefficient (Wildman–Crippen LogP) is 1.69. The van der Waals surface area contributed by atoms with Gasteiger partial charge < -0.3 is 11.1 Å². The molecule has 0 unspecified atom stereocenters. The van der Waals surface area contributed by atoms with Crippen molar-refractivity contribution in [2.45, 2.75) is 19.4 Å². The second kappa shape index (κ2) is 7.40. The van der Waals surface area contributed by atoms with E-state index in [0.29, 0.717) is 17.9 Å². The minimum atomic E-state index is -0.434. The fourth-order valence-corrected chi connectivity index (χ4v) is 3.08. The van der Waals surface area contributed by atoms with Gasteiger partial charge in [0.15, 0.2) is 5.82 Å². The summed E-state index contributed by atoms with van der Waals surface area (Å²) >= 11 is 0. The third-order valence-corrected chi connectivity index (χ3v) is 4.49. The smallest absolute Gasteiger partial charge is 0.301 e. The molecule has 0 saturated heterocycles. The van der Waals surface area contributed by atoms with E-state index in [4.69, 9.17) is 5.73 Å². The van der Waals surface area contributed by atoms with Gasteiger partial charge in [-0.05, 0) is 18.6 Å². The molecule has 3 aromatic heterocycles. The predicted molar refractivity (Wildman–Crippen MR) is 106 cm³/mol. The first-order chi connectivity index (χ1) is 14.1. The first-order valence-corrected chi connectivity index (χ1v) is 8.92. The van der Waals surface area contributed by atoms with Crippen LogP contribution in [0.4, 0.5) is 11.6 Å². The van der Waals surface area contributed by atoms with Gasteiger partial charge in [0, 0.05) is 12.4 Å². The number of nitrogen functional groups attached to an aromatic ring is 1. The standard InChI is InChI=1S/C19H17N9O/c1-2-14(25-16-13(10-20)15(21)23-11-24-16)17-26-27-9-8-22-18(27)19(29)28(17)12-6-4-3-5-7-12/h3-9,11,14H,2H2,1H3,(H3,21,23,24,25)/t14-/m0/s1. The zero-order valence-corrected chi connectivity index (χ0v) is 15.5. The number of hydrogen-bond donors (Lipinski definition) is 2. The average Bonchev–Trinajstić information content (AvgIpc) is 3.22. The van der Waals surface area contributed by atoms with Crippen LogP contribution in [0.15, 0.2) is 53.8 Å². The molecular weight excluding hydrogens is 370 g/mol. The fourth-order valence-electron chi connectivity index (χ4n) is 3.08. The largest absolute Gasteiger partial charge is 0.382 e. The number of para-hydroxylation sites is 1. The normalized spacial score (nSPS) is 11.9. The van der Waals surface area contributed by atoms with Gasteiger partial charge in [0.05, 0.1) is 11.7 Å². The maximum atomic E-state index is 13.2. The van der Waals surface area contributed by atoms with Crippen LogP contribution in [-0.4, -0.2) is 29.1 Å². The van der Waals surface area contributed by atoms with Gasteiger partial charge in [-0.1, -0.05) is 25.1 Å². The lowest BCUT2D eigenvalue weighted by Gasteiger charge is -2.21. The minimum absolute atomic E-state index is 0.0818. The van der Waals surface area contributed by atoms with Gasteiger partial charge in [-0.15, -0.1) is 0 Å². The summed E-state index contributed by atoms with van der Waals surface area (Å²) in [6.45, 7) is 1.94. The van der Waals surface area contributed by atoms with Crippen molar-refractivity contribution in [2.24, 2.45) is 0 Å². The lowest BCUT2D eigenvalue weighted by Crippen LogP contribution is -2.30. The Morgan fingerprint density at radius 3 is 2.76 bits per heavy atom. The Morgan fingerprint density at radius 2 is 2.03 bits per heavy atom. The van der Waals surface area contributed by atoms with Gasteiger partial charge in [0.25, 0.3) is 0 Å². The number of hydrogen-bond acceptors (Lipinski definition) is 8. The van der Waals surface area contributed by atoms with Crippen molar-refractivity contribution in [1.82, 2.24) is 29.1 Å². The Labute approximate surface area is 165 Å². The molecule has 0 saturated carbocycles. The molecule has 10 heteroatoms. The molecule has 3 N–H and O–H groups in total. The van der Waals surface area contributed by atoms with Gasteiger partial charge in [0.2, 0.25) is 5.65 Å². The molecule has 1 aromatic carbocycles. The summed E-state index contributed by atoms with van der Waals surface area (Å²) in [5, 5.41) is 17.2. The van der Waals surface area contributed by atoms with Crippen LogP contribution in [-0.2, 0) is 0 Å². The molecule has 0 aliphatic carbocycles. The minimum Gasteiger partial charge on any atom is -0.382 e. The van der Waals surface area contributed by atoms with Crippen molar-refractivity contribution in [2.75, 3.05) is 11.1 Å². The van der Waals surface area contributed by atoms with Crippen molar-refractivity contribution < 1.29 is 0 Å². The highest BCUT2D eigenvalue weighted by Crippen LogP contribution is 2.24. The van der Waals surface area contributed by atoms with Gasteiger partial charge in [-0.25, -0.2) is 19.5 Å². The number of nitrogens with zero attached hydrogens (tertiary/aromatic N) is 7. The number of benzene rings is 1. The highest BCUT2D eigenvalue weighted by atomic mass is 16.1. The number of fused-ring (bicyclic) bond motifs is 1. The molecule has 0 radical (unpaired) electrons. The zero-order chi connectivity index (χ0) is 20.4. The van der Waals surface area contributed by atoms with Crippen LogP contribution in [0.25, 0.3) is 11.3 Å². The highest BCUT2D eigenvalue weighted by molar-refractivity contribution is 5.62. The van der Waals surface area contributed by atoms with Crippen LogP contribution in [0, 0.1) is 11.3 Å². The summed E-state index contributed by atoms with van der Waals surface area (Å²) in [5.41, 5.74) is 6.52. The third kappa shape index (κ3) is 3.14. The maximum absolute atomic E-state index is 13.2. The molecule has 144 valence electrons. The molecule has 10 nitrogen and oxygen atoms in total. The number of rotatable bonds is 5. The molecule has 1 atom stereocenters. The van der Waals surface area contributed by atoms with E-state index in [0.717, 1.165) is 0 Å². The number of anilines is 2. The van der Waals surface area contributed by atoms with Crippen LogP contribution in [0.1, 0.15) is 30.8 Å². The van der Waals surface area contributed by atoms with Crippen LogP contribution < -0.4 is 16.6 Å². The van der Waals surface area contributed by atoms with E-state index < -0.39 is 6.04 Å². The van der Waals surface area contributed by atoms with E-state index in [1.807, 2.05) is 43.3 Å². The summed E-state index contributed by atoms with van der Waals surface area (Å²) in [6, 6.07) is 10.8. The topological polar surface area (TPSA) is 140 Å². The van der Waals surface area contributed by atoms with Gasteiger partial charge in [0.1, 0.15) is 29.6 Å². The van der Waals surface area contributed by atoms with E-state index >= 15 is 0 Å². The van der Waals surface area contributed by atoms with Crippen molar-refractivity contribution in [3.8, 4) is 11.8 Å². The van der Waals surface area contributed by atoms with Crippen LogP contribution in [0.3, 0.4) is 0 Å². The molecule has 3 heterocycles. The molecule has 0 amide bonds. The SMILES string of the molecule is CC[C@H](Nc1ncnc(N)c1C#N)c1nn2ccnc2c(=O)n1-c1ccccc1.